The first-order valence-corrected chi connectivity index (χ1v) is 7.21. The van der Waals surface area contributed by atoms with Crippen molar-refractivity contribution in [2.75, 3.05) is 0 Å². The summed E-state index contributed by atoms with van der Waals surface area (Å²) in [6.07, 6.45) is 8.42. The Balaban J connectivity index is 1.98. The van der Waals surface area contributed by atoms with E-state index in [-0.39, 0.29) is 0 Å². The fourth-order valence-electron chi connectivity index (χ4n) is 2.19. The molecule has 82 valence electrons. The molecule has 1 aromatic heterocycles. The second kappa shape index (κ2) is 5.44. The third kappa shape index (κ3) is 3.28. The quantitative estimate of drug-likeness (QED) is 0.734. The number of nitrogens with zero attached hydrogens (tertiary/aromatic N) is 1. The van der Waals surface area contributed by atoms with Crippen LogP contribution in [0.1, 0.15) is 31.4 Å². The van der Waals surface area contributed by atoms with E-state index in [0.29, 0.717) is 4.83 Å². The van der Waals surface area contributed by atoms with E-state index in [4.69, 9.17) is 0 Å². The standard InChI is InChI=1S/C12H15Br2N/c13-10-5-6-11(15-8-10)7-9-3-1-2-4-12(9)14/h5-6,8-9,12H,1-4,7H2. The van der Waals surface area contributed by atoms with Crippen molar-refractivity contribution in [2.24, 2.45) is 5.92 Å². The Morgan fingerprint density at radius 1 is 1.27 bits per heavy atom. The van der Waals surface area contributed by atoms with E-state index < -0.39 is 0 Å². The molecule has 0 amide bonds. The third-order valence-electron chi connectivity index (χ3n) is 3.08. The van der Waals surface area contributed by atoms with Crippen molar-refractivity contribution < 1.29 is 0 Å². The Kier molecular flexibility index (Phi) is 4.21. The second-order valence-corrected chi connectivity index (χ2v) is 6.32. The van der Waals surface area contributed by atoms with Gasteiger partial charge in [0.2, 0.25) is 0 Å². The SMILES string of the molecule is Brc1ccc(CC2CCCCC2Br)nc1. The average molecular weight is 333 g/mol. The molecule has 1 nitrogen and oxygen atoms in total. The summed E-state index contributed by atoms with van der Waals surface area (Å²) < 4.78 is 1.06. The van der Waals surface area contributed by atoms with Gasteiger partial charge in [-0.1, -0.05) is 28.8 Å². The van der Waals surface area contributed by atoms with Gasteiger partial charge in [-0.25, -0.2) is 0 Å². The predicted molar refractivity (Wildman–Crippen MR) is 70.3 cm³/mol. The first-order valence-electron chi connectivity index (χ1n) is 5.50. The minimum Gasteiger partial charge on any atom is -0.260 e. The maximum Gasteiger partial charge on any atom is 0.0413 e. The molecule has 1 aromatic rings. The van der Waals surface area contributed by atoms with Gasteiger partial charge in [-0.15, -0.1) is 0 Å². The number of hydrogen-bond acceptors (Lipinski definition) is 1. The van der Waals surface area contributed by atoms with Crippen LogP contribution in [-0.4, -0.2) is 9.81 Å². The van der Waals surface area contributed by atoms with E-state index >= 15 is 0 Å². The molecule has 0 radical (unpaired) electrons. The van der Waals surface area contributed by atoms with Crippen molar-refractivity contribution in [3.05, 3.63) is 28.5 Å². The van der Waals surface area contributed by atoms with Gasteiger partial charge in [0.05, 0.1) is 0 Å². The highest BCUT2D eigenvalue weighted by molar-refractivity contribution is 9.10. The van der Waals surface area contributed by atoms with Crippen molar-refractivity contribution >= 4 is 31.9 Å². The van der Waals surface area contributed by atoms with Gasteiger partial charge in [-0.2, -0.15) is 0 Å². The Morgan fingerprint density at radius 3 is 2.73 bits per heavy atom. The fourth-order valence-corrected chi connectivity index (χ4v) is 3.20. The van der Waals surface area contributed by atoms with Crippen LogP contribution in [0.15, 0.2) is 22.8 Å². The highest BCUT2D eigenvalue weighted by Crippen LogP contribution is 2.32. The number of pyridine rings is 1. The van der Waals surface area contributed by atoms with Gasteiger partial charge in [0.1, 0.15) is 0 Å². The summed E-state index contributed by atoms with van der Waals surface area (Å²) >= 11 is 7.20. The summed E-state index contributed by atoms with van der Waals surface area (Å²) in [5, 5.41) is 0. The summed E-state index contributed by atoms with van der Waals surface area (Å²) in [5.41, 5.74) is 1.22. The van der Waals surface area contributed by atoms with E-state index in [1.54, 1.807) is 0 Å². The summed E-state index contributed by atoms with van der Waals surface area (Å²) in [6, 6.07) is 4.20. The molecule has 0 saturated heterocycles. The Hall–Kier alpha value is 0.110. The molecule has 1 fully saturated rings. The molecule has 3 heteroatoms. The molecule has 2 rings (SSSR count). The van der Waals surface area contributed by atoms with Gasteiger partial charge >= 0.3 is 0 Å². The van der Waals surface area contributed by atoms with Gasteiger partial charge in [0.15, 0.2) is 0 Å². The minimum atomic E-state index is 0.691. The lowest BCUT2D eigenvalue weighted by Crippen LogP contribution is -2.21. The first kappa shape index (κ1) is 11.6. The molecule has 1 aliphatic rings. The molecule has 0 aliphatic heterocycles. The Morgan fingerprint density at radius 2 is 2.07 bits per heavy atom. The molecule has 0 aromatic carbocycles. The summed E-state index contributed by atoms with van der Waals surface area (Å²) in [6.45, 7) is 0. The molecule has 1 heterocycles. The smallest absolute Gasteiger partial charge is 0.0413 e. The highest BCUT2D eigenvalue weighted by atomic mass is 79.9. The van der Waals surface area contributed by atoms with Crippen LogP contribution in [0.4, 0.5) is 0 Å². The normalized spacial score (nSPS) is 26.5. The Labute approximate surface area is 108 Å². The lowest BCUT2D eigenvalue weighted by molar-refractivity contribution is 0.371. The minimum absolute atomic E-state index is 0.691. The van der Waals surface area contributed by atoms with Crippen molar-refractivity contribution in [1.29, 1.82) is 0 Å². The van der Waals surface area contributed by atoms with Crippen molar-refractivity contribution in [1.82, 2.24) is 4.98 Å². The molecule has 0 bridgehead atoms. The average Bonchev–Trinajstić information content (AvgIpc) is 2.25. The fraction of sp³-hybridized carbons (Fsp3) is 0.583. The van der Waals surface area contributed by atoms with Crippen LogP contribution in [0.5, 0.6) is 0 Å². The number of rotatable bonds is 2. The van der Waals surface area contributed by atoms with Crippen LogP contribution >= 0.6 is 31.9 Å². The van der Waals surface area contributed by atoms with E-state index in [0.717, 1.165) is 16.8 Å². The zero-order valence-corrected chi connectivity index (χ0v) is 11.8. The predicted octanol–water partition coefficient (Wildman–Crippen LogP) is 4.34. The number of alkyl halides is 1. The van der Waals surface area contributed by atoms with Crippen LogP contribution in [0, 0.1) is 5.92 Å². The number of hydrogen-bond donors (Lipinski definition) is 0. The van der Waals surface area contributed by atoms with Gasteiger partial charge in [0, 0.05) is 21.2 Å². The molecule has 2 unspecified atom stereocenters. The van der Waals surface area contributed by atoms with Crippen LogP contribution in [0.25, 0.3) is 0 Å². The van der Waals surface area contributed by atoms with Crippen LogP contribution in [0.3, 0.4) is 0 Å². The topological polar surface area (TPSA) is 12.9 Å². The summed E-state index contributed by atoms with van der Waals surface area (Å²) in [7, 11) is 0. The van der Waals surface area contributed by atoms with Crippen molar-refractivity contribution in [2.45, 2.75) is 36.9 Å². The van der Waals surface area contributed by atoms with E-state index in [1.165, 1.54) is 31.4 Å². The van der Waals surface area contributed by atoms with Gasteiger partial charge in [-0.3, -0.25) is 4.98 Å². The maximum absolute atomic E-state index is 4.44. The Bertz CT molecular complexity index is 310. The van der Waals surface area contributed by atoms with Crippen LogP contribution in [0.2, 0.25) is 0 Å². The van der Waals surface area contributed by atoms with E-state index in [2.05, 4.69) is 49.0 Å². The van der Waals surface area contributed by atoms with Crippen molar-refractivity contribution in [3.8, 4) is 0 Å². The van der Waals surface area contributed by atoms with Gasteiger partial charge < -0.3 is 0 Å². The molecule has 1 aliphatic carbocycles. The molecule has 0 N–H and O–H groups in total. The second-order valence-electron chi connectivity index (χ2n) is 4.23. The molecule has 1 saturated carbocycles. The lowest BCUT2D eigenvalue weighted by atomic mass is 9.86. The molecular formula is C12H15Br2N. The van der Waals surface area contributed by atoms with E-state index in [1.807, 2.05) is 6.20 Å². The van der Waals surface area contributed by atoms with Crippen molar-refractivity contribution in [3.63, 3.8) is 0 Å². The van der Waals surface area contributed by atoms with Gasteiger partial charge in [0.25, 0.3) is 0 Å². The third-order valence-corrected chi connectivity index (χ3v) is 4.75. The molecule has 15 heavy (non-hydrogen) atoms. The zero-order chi connectivity index (χ0) is 10.7. The number of halogens is 2. The highest BCUT2D eigenvalue weighted by Gasteiger charge is 2.23. The number of aromatic nitrogens is 1. The van der Waals surface area contributed by atoms with Gasteiger partial charge in [-0.05, 0) is 53.2 Å². The zero-order valence-electron chi connectivity index (χ0n) is 8.63. The largest absolute Gasteiger partial charge is 0.260 e. The lowest BCUT2D eigenvalue weighted by Gasteiger charge is -2.26. The summed E-state index contributed by atoms with van der Waals surface area (Å²) in [5.74, 6) is 0.771. The molecule has 2 atom stereocenters. The van der Waals surface area contributed by atoms with Crippen LogP contribution in [-0.2, 0) is 6.42 Å². The van der Waals surface area contributed by atoms with E-state index in [9.17, 15) is 0 Å². The summed E-state index contributed by atoms with van der Waals surface area (Å²) in [4.78, 5) is 5.13. The molecule has 0 spiro atoms. The van der Waals surface area contributed by atoms with Crippen LogP contribution < -0.4 is 0 Å². The maximum atomic E-state index is 4.44. The molecular weight excluding hydrogens is 318 g/mol. The first-order chi connectivity index (χ1) is 7.25. The monoisotopic (exact) mass is 331 g/mol.